The molecule has 0 spiro atoms. The van der Waals surface area contributed by atoms with Crippen LogP contribution in [-0.4, -0.2) is 65.9 Å². The number of carbonyl (C=O) groups is 3. The lowest BCUT2D eigenvalue weighted by atomic mass is 9.66. The largest absolute Gasteiger partial charge is 0.384 e. The van der Waals surface area contributed by atoms with Gasteiger partial charge in [-0.15, -0.1) is 0 Å². The first-order valence-electron chi connectivity index (χ1n) is 14.2. The van der Waals surface area contributed by atoms with Gasteiger partial charge in [-0.05, 0) is 65.4 Å². The molecule has 1 aliphatic heterocycles. The third-order valence-corrected chi connectivity index (χ3v) is 8.55. The van der Waals surface area contributed by atoms with Gasteiger partial charge in [-0.3, -0.25) is 14.4 Å². The van der Waals surface area contributed by atoms with Gasteiger partial charge < -0.3 is 20.2 Å². The van der Waals surface area contributed by atoms with Crippen LogP contribution >= 0.6 is 11.6 Å². The van der Waals surface area contributed by atoms with Crippen LogP contribution in [0.1, 0.15) is 60.4 Å². The van der Waals surface area contributed by atoms with Crippen LogP contribution in [0.5, 0.6) is 0 Å². The molecule has 42 heavy (non-hydrogen) atoms. The molecule has 1 aliphatic rings. The Balaban J connectivity index is 1.48. The zero-order valence-corrected chi connectivity index (χ0v) is 25.9. The van der Waals surface area contributed by atoms with Crippen LogP contribution in [0.2, 0.25) is 5.02 Å². The zero-order valence-electron chi connectivity index (χ0n) is 25.1. The van der Waals surface area contributed by atoms with Gasteiger partial charge in [0.05, 0.1) is 5.60 Å². The lowest BCUT2D eigenvalue weighted by Gasteiger charge is -2.51. The number of hydrogen-bond acceptors (Lipinski definition) is 4. The Morgan fingerprint density at radius 3 is 2.14 bits per heavy atom. The first-order valence-corrected chi connectivity index (χ1v) is 14.6. The van der Waals surface area contributed by atoms with Crippen LogP contribution in [-0.2, 0) is 10.4 Å². The Hall–Kier alpha value is -3.68. The SMILES string of the molecule is CC(C)[C@@H](NC(=O)c1cccc(-c2ccc(C(=O)N(C)C)cc2)c1)C(=O)N1CC[C@](O)(c2ccc(Cl)cc2)C(C)(C)C1. The van der Waals surface area contributed by atoms with E-state index in [4.69, 9.17) is 11.6 Å². The van der Waals surface area contributed by atoms with Gasteiger partial charge in [0.15, 0.2) is 0 Å². The number of likely N-dealkylation sites (tertiary alicyclic amines) is 1. The summed E-state index contributed by atoms with van der Waals surface area (Å²) in [6.45, 7) is 8.44. The second-order valence-corrected chi connectivity index (χ2v) is 12.8. The number of nitrogens with one attached hydrogen (secondary N) is 1. The summed E-state index contributed by atoms with van der Waals surface area (Å²) in [6.07, 6.45) is 0.368. The summed E-state index contributed by atoms with van der Waals surface area (Å²) >= 11 is 6.07. The number of hydrogen-bond donors (Lipinski definition) is 2. The fourth-order valence-electron chi connectivity index (χ4n) is 5.61. The molecule has 2 atom stereocenters. The molecule has 7 nitrogen and oxygen atoms in total. The van der Waals surface area contributed by atoms with Crippen LogP contribution in [0.25, 0.3) is 11.1 Å². The summed E-state index contributed by atoms with van der Waals surface area (Å²) in [5.74, 6) is -0.725. The number of amides is 3. The fraction of sp³-hybridized carbons (Fsp3) is 0.382. The molecule has 3 aromatic rings. The molecule has 2 N–H and O–H groups in total. The van der Waals surface area contributed by atoms with E-state index in [2.05, 4.69) is 5.32 Å². The van der Waals surface area contributed by atoms with Gasteiger partial charge in [-0.25, -0.2) is 0 Å². The molecule has 8 heteroatoms. The predicted octanol–water partition coefficient (Wildman–Crippen LogP) is 5.61. The summed E-state index contributed by atoms with van der Waals surface area (Å²) in [7, 11) is 3.42. The zero-order chi connectivity index (χ0) is 30.8. The van der Waals surface area contributed by atoms with Crippen molar-refractivity contribution in [3.8, 4) is 11.1 Å². The molecular weight excluding hydrogens is 550 g/mol. The molecule has 0 aromatic heterocycles. The molecule has 0 aliphatic carbocycles. The van der Waals surface area contributed by atoms with Gasteiger partial charge in [-0.1, -0.05) is 75.7 Å². The summed E-state index contributed by atoms with van der Waals surface area (Å²) < 4.78 is 0. The van der Waals surface area contributed by atoms with E-state index >= 15 is 0 Å². The van der Waals surface area contributed by atoms with Crippen LogP contribution < -0.4 is 5.32 Å². The summed E-state index contributed by atoms with van der Waals surface area (Å²) in [4.78, 5) is 42.7. The van der Waals surface area contributed by atoms with Crippen molar-refractivity contribution < 1.29 is 19.5 Å². The van der Waals surface area contributed by atoms with Crippen molar-refractivity contribution in [3.63, 3.8) is 0 Å². The van der Waals surface area contributed by atoms with Crippen molar-refractivity contribution in [2.24, 2.45) is 11.3 Å². The quantitative estimate of drug-likeness (QED) is 0.375. The highest BCUT2D eigenvalue weighted by molar-refractivity contribution is 6.30. The molecule has 1 saturated heterocycles. The number of aliphatic hydroxyl groups is 1. The molecule has 222 valence electrons. The molecule has 0 radical (unpaired) electrons. The van der Waals surface area contributed by atoms with Crippen molar-refractivity contribution in [3.05, 3.63) is 94.5 Å². The normalized spacial score (nSPS) is 18.8. The Bertz CT molecular complexity index is 1450. The number of benzene rings is 3. The van der Waals surface area contributed by atoms with Gasteiger partial charge in [0.2, 0.25) is 5.91 Å². The van der Waals surface area contributed by atoms with Crippen LogP contribution in [0.15, 0.2) is 72.8 Å². The Morgan fingerprint density at radius 1 is 0.929 bits per heavy atom. The first-order chi connectivity index (χ1) is 19.7. The van der Waals surface area contributed by atoms with Crippen molar-refractivity contribution in [1.82, 2.24) is 15.1 Å². The smallest absolute Gasteiger partial charge is 0.253 e. The molecule has 3 amide bonds. The predicted molar refractivity (Wildman–Crippen MR) is 166 cm³/mol. The highest BCUT2D eigenvalue weighted by Crippen LogP contribution is 2.46. The highest BCUT2D eigenvalue weighted by atomic mass is 35.5. The molecule has 0 bridgehead atoms. The van der Waals surface area contributed by atoms with Crippen molar-refractivity contribution >= 4 is 29.3 Å². The third-order valence-electron chi connectivity index (χ3n) is 8.30. The number of rotatable bonds is 7. The maximum absolute atomic E-state index is 13.8. The molecular formula is C34H40ClN3O4. The summed E-state index contributed by atoms with van der Waals surface area (Å²) in [6, 6.07) is 21.0. The third kappa shape index (κ3) is 6.37. The minimum atomic E-state index is -1.12. The van der Waals surface area contributed by atoms with Gasteiger partial charge in [0, 0.05) is 48.7 Å². The first kappa shape index (κ1) is 31.3. The maximum Gasteiger partial charge on any atom is 0.253 e. The van der Waals surface area contributed by atoms with Crippen LogP contribution in [0.3, 0.4) is 0 Å². The minimum Gasteiger partial charge on any atom is -0.384 e. The van der Waals surface area contributed by atoms with E-state index in [1.807, 2.05) is 58.0 Å². The number of halogens is 1. The van der Waals surface area contributed by atoms with Crippen molar-refractivity contribution in [2.45, 2.75) is 45.8 Å². The Labute approximate surface area is 253 Å². The van der Waals surface area contributed by atoms with E-state index in [9.17, 15) is 19.5 Å². The molecule has 0 unspecified atom stereocenters. The summed E-state index contributed by atoms with van der Waals surface area (Å²) in [5, 5.41) is 15.3. The lowest BCUT2D eigenvalue weighted by Crippen LogP contribution is -2.60. The van der Waals surface area contributed by atoms with E-state index in [0.29, 0.717) is 35.7 Å². The summed E-state index contributed by atoms with van der Waals surface area (Å²) in [5.41, 5.74) is 1.75. The fourth-order valence-corrected chi connectivity index (χ4v) is 5.74. The van der Waals surface area contributed by atoms with E-state index in [1.165, 1.54) is 4.90 Å². The minimum absolute atomic E-state index is 0.0779. The standard InChI is InChI=1S/C34H40ClN3O4/c1-22(2)29(32(41)38-19-18-34(42,33(3,4)21-38)27-14-16-28(35)17-15-27)36-30(39)26-9-7-8-25(20-26)23-10-12-24(13-11-23)31(40)37(5)6/h7-17,20,22,29,42H,18-19,21H2,1-6H3,(H,36,39)/t29-,34+/m1/s1. The van der Waals surface area contributed by atoms with Crippen molar-refractivity contribution in [2.75, 3.05) is 27.2 Å². The monoisotopic (exact) mass is 589 g/mol. The van der Waals surface area contributed by atoms with Gasteiger partial charge in [0.1, 0.15) is 6.04 Å². The van der Waals surface area contributed by atoms with E-state index in [1.54, 1.807) is 61.5 Å². The van der Waals surface area contributed by atoms with E-state index in [-0.39, 0.29) is 23.6 Å². The molecule has 0 saturated carbocycles. The topological polar surface area (TPSA) is 90.0 Å². The number of piperidine rings is 1. The average Bonchev–Trinajstić information content (AvgIpc) is 2.96. The Morgan fingerprint density at radius 2 is 1.57 bits per heavy atom. The highest BCUT2D eigenvalue weighted by Gasteiger charge is 2.50. The van der Waals surface area contributed by atoms with Crippen LogP contribution in [0, 0.1) is 11.3 Å². The average molecular weight is 590 g/mol. The van der Waals surface area contributed by atoms with Gasteiger partial charge in [-0.2, -0.15) is 0 Å². The maximum atomic E-state index is 13.8. The molecule has 3 aromatic carbocycles. The number of carbonyl (C=O) groups excluding carboxylic acids is 3. The Kier molecular flexibility index (Phi) is 9.14. The van der Waals surface area contributed by atoms with Crippen molar-refractivity contribution in [1.29, 1.82) is 0 Å². The van der Waals surface area contributed by atoms with E-state index in [0.717, 1.165) is 16.7 Å². The van der Waals surface area contributed by atoms with Gasteiger partial charge >= 0.3 is 0 Å². The number of nitrogens with zero attached hydrogens (tertiary/aromatic N) is 2. The van der Waals surface area contributed by atoms with E-state index < -0.39 is 17.1 Å². The lowest BCUT2D eigenvalue weighted by molar-refractivity contribution is -0.155. The van der Waals surface area contributed by atoms with Gasteiger partial charge in [0.25, 0.3) is 11.8 Å². The molecule has 4 rings (SSSR count). The van der Waals surface area contributed by atoms with Crippen LogP contribution in [0.4, 0.5) is 0 Å². The molecule has 1 fully saturated rings. The molecule has 1 heterocycles. The second kappa shape index (κ2) is 12.3. The second-order valence-electron chi connectivity index (χ2n) is 12.3.